The van der Waals surface area contributed by atoms with E-state index in [1.54, 1.807) is 0 Å². The Morgan fingerprint density at radius 2 is 2.00 bits per heavy atom. The summed E-state index contributed by atoms with van der Waals surface area (Å²) in [6.45, 7) is 8.02. The van der Waals surface area contributed by atoms with Gasteiger partial charge in [-0.25, -0.2) is 0 Å². The summed E-state index contributed by atoms with van der Waals surface area (Å²) in [6.07, 6.45) is 2.47. The van der Waals surface area contributed by atoms with Crippen molar-refractivity contribution in [3.8, 4) is 0 Å². The highest BCUT2D eigenvalue weighted by molar-refractivity contribution is 5.97. The minimum absolute atomic E-state index is 0.0819. The maximum atomic E-state index is 12.5. The van der Waals surface area contributed by atoms with Crippen LogP contribution in [0.15, 0.2) is 18.2 Å². The smallest absolute Gasteiger partial charge is 0.243 e. The first-order valence-electron chi connectivity index (χ1n) is 7.13. The van der Waals surface area contributed by atoms with Crippen molar-refractivity contribution in [3.63, 3.8) is 0 Å². The van der Waals surface area contributed by atoms with Crippen LogP contribution in [0.1, 0.15) is 30.9 Å². The standard InChI is InChI=1S/C16H22N2O/c1-11-4-5-14(8-12(11)2)18-10-16(6-7-16)9-17-13(3)15(18)19/h4-5,8,13,17H,6-7,9-10H2,1-3H3. The van der Waals surface area contributed by atoms with E-state index in [4.69, 9.17) is 0 Å². The Morgan fingerprint density at radius 1 is 1.26 bits per heavy atom. The van der Waals surface area contributed by atoms with Crippen molar-refractivity contribution in [1.82, 2.24) is 5.32 Å². The molecule has 2 fully saturated rings. The van der Waals surface area contributed by atoms with Gasteiger partial charge in [-0.2, -0.15) is 0 Å². The highest BCUT2D eigenvalue weighted by Crippen LogP contribution is 2.47. The number of rotatable bonds is 1. The molecule has 1 heterocycles. The number of amides is 1. The van der Waals surface area contributed by atoms with Crippen LogP contribution in [0.5, 0.6) is 0 Å². The molecule has 3 rings (SSSR count). The van der Waals surface area contributed by atoms with E-state index in [-0.39, 0.29) is 11.9 Å². The summed E-state index contributed by atoms with van der Waals surface area (Å²) in [5.74, 6) is 0.201. The summed E-state index contributed by atoms with van der Waals surface area (Å²) in [7, 11) is 0. The highest BCUT2D eigenvalue weighted by atomic mass is 16.2. The van der Waals surface area contributed by atoms with Gasteiger partial charge in [0, 0.05) is 24.2 Å². The third-order valence-electron chi connectivity index (χ3n) is 4.67. The minimum atomic E-state index is -0.0819. The van der Waals surface area contributed by atoms with Crippen LogP contribution >= 0.6 is 0 Å². The first kappa shape index (κ1) is 12.7. The van der Waals surface area contributed by atoms with Gasteiger partial charge in [-0.1, -0.05) is 6.07 Å². The van der Waals surface area contributed by atoms with Gasteiger partial charge in [-0.05, 0) is 56.9 Å². The summed E-state index contributed by atoms with van der Waals surface area (Å²) in [5.41, 5.74) is 3.91. The molecule has 1 saturated carbocycles. The van der Waals surface area contributed by atoms with Gasteiger partial charge in [0.15, 0.2) is 0 Å². The van der Waals surface area contributed by atoms with E-state index in [1.807, 2.05) is 11.8 Å². The van der Waals surface area contributed by atoms with Crippen LogP contribution in [0.25, 0.3) is 0 Å². The molecule has 1 amide bonds. The summed E-state index contributed by atoms with van der Waals surface area (Å²) in [4.78, 5) is 14.5. The van der Waals surface area contributed by atoms with E-state index in [1.165, 1.54) is 24.0 Å². The molecule has 19 heavy (non-hydrogen) atoms. The normalized spacial score (nSPS) is 25.5. The Bertz CT molecular complexity index is 519. The molecule has 0 radical (unpaired) electrons. The quantitative estimate of drug-likeness (QED) is 0.839. The zero-order valence-corrected chi connectivity index (χ0v) is 12.0. The second-order valence-electron chi connectivity index (χ2n) is 6.30. The number of hydrogen-bond donors (Lipinski definition) is 1. The van der Waals surface area contributed by atoms with Crippen molar-refractivity contribution in [3.05, 3.63) is 29.3 Å². The summed E-state index contributed by atoms with van der Waals surface area (Å²) < 4.78 is 0. The molecule has 1 atom stereocenters. The van der Waals surface area contributed by atoms with Crippen molar-refractivity contribution in [2.45, 2.75) is 39.7 Å². The van der Waals surface area contributed by atoms with E-state index in [0.29, 0.717) is 5.41 Å². The minimum Gasteiger partial charge on any atom is -0.310 e. The molecule has 1 spiro atoms. The van der Waals surface area contributed by atoms with Gasteiger partial charge in [0.25, 0.3) is 0 Å². The second kappa shape index (κ2) is 4.34. The van der Waals surface area contributed by atoms with Crippen molar-refractivity contribution in [2.75, 3.05) is 18.0 Å². The number of benzene rings is 1. The lowest BCUT2D eigenvalue weighted by Gasteiger charge is -2.25. The molecule has 1 unspecified atom stereocenters. The number of carbonyl (C=O) groups is 1. The summed E-state index contributed by atoms with van der Waals surface area (Å²) in [5, 5.41) is 3.38. The Hall–Kier alpha value is -1.35. The number of hydrogen-bond acceptors (Lipinski definition) is 2. The van der Waals surface area contributed by atoms with Crippen molar-refractivity contribution >= 4 is 11.6 Å². The summed E-state index contributed by atoms with van der Waals surface area (Å²) >= 11 is 0. The molecule has 1 aliphatic carbocycles. The molecule has 1 aromatic carbocycles. The molecular formula is C16H22N2O. The fraction of sp³-hybridized carbons (Fsp3) is 0.562. The first-order chi connectivity index (χ1) is 9.01. The van der Waals surface area contributed by atoms with Gasteiger partial charge in [-0.15, -0.1) is 0 Å². The van der Waals surface area contributed by atoms with Crippen molar-refractivity contribution in [2.24, 2.45) is 5.41 Å². The topological polar surface area (TPSA) is 32.3 Å². The number of carbonyl (C=O) groups excluding carboxylic acids is 1. The predicted octanol–water partition coefficient (Wildman–Crippen LogP) is 2.41. The molecule has 1 aromatic rings. The first-order valence-corrected chi connectivity index (χ1v) is 7.13. The molecule has 3 heteroatoms. The molecule has 0 aromatic heterocycles. The largest absolute Gasteiger partial charge is 0.310 e. The van der Waals surface area contributed by atoms with E-state index in [0.717, 1.165) is 18.8 Å². The SMILES string of the molecule is Cc1ccc(N2CC3(CC3)CNC(C)C2=O)cc1C. The van der Waals surface area contributed by atoms with E-state index < -0.39 is 0 Å². The maximum Gasteiger partial charge on any atom is 0.243 e. The van der Waals surface area contributed by atoms with Gasteiger partial charge in [-0.3, -0.25) is 4.79 Å². The number of aryl methyl sites for hydroxylation is 2. The van der Waals surface area contributed by atoms with Crippen LogP contribution in [-0.2, 0) is 4.79 Å². The van der Waals surface area contributed by atoms with E-state index in [9.17, 15) is 4.79 Å². The zero-order chi connectivity index (χ0) is 13.6. The molecule has 102 valence electrons. The Morgan fingerprint density at radius 3 is 2.63 bits per heavy atom. The van der Waals surface area contributed by atoms with Gasteiger partial charge < -0.3 is 10.2 Å². The molecule has 1 N–H and O–H groups in total. The number of anilines is 1. The second-order valence-corrected chi connectivity index (χ2v) is 6.30. The van der Waals surface area contributed by atoms with Crippen LogP contribution in [0.4, 0.5) is 5.69 Å². The third kappa shape index (κ3) is 2.27. The lowest BCUT2D eigenvalue weighted by atomic mass is 10.1. The van der Waals surface area contributed by atoms with Crippen LogP contribution in [-0.4, -0.2) is 25.0 Å². The monoisotopic (exact) mass is 258 g/mol. The zero-order valence-electron chi connectivity index (χ0n) is 12.0. The highest BCUT2D eigenvalue weighted by Gasteiger charge is 2.47. The van der Waals surface area contributed by atoms with Gasteiger partial charge in [0.1, 0.15) is 0 Å². The van der Waals surface area contributed by atoms with Crippen molar-refractivity contribution < 1.29 is 4.79 Å². The maximum absolute atomic E-state index is 12.5. The Labute approximate surface area is 115 Å². The van der Waals surface area contributed by atoms with Crippen LogP contribution < -0.4 is 10.2 Å². The molecule has 1 saturated heterocycles. The van der Waals surface area contributed by atoms with Crippen molar-refractivity contribution in [1.29, 1.82) is 0 Å². The lowest BCUT2D eigenvalue weighted by molar-refractivity contribution is -0.119. The predicted molar refractivity (Wildman–Crippen MR) is 77.4 cm³/mol. The molecule has 3 nitrogen and oxygen atoms in total. The fourth-order valence-corrected chi connectivity index (χ4v) is 2.78. The number of nitrogens with one attached hydrogen (secondary N) is 1. The average Bonchev–Trinajstić information content (AvgIpc) is 3.17. The fourth-order valence-electron chi connectivity index (χ4n) is 2.78. The molecule has 0 bridgehead atoms. The van der Waals surface area contributed by atoms with Gasteiger partial charge in [0.05, 0.1) is 6.04 Å². The summed E-state index contributed by atoms with van der Waals surface area (Å²) in [6, 6.07) is 6.25. The van der Waals surface area contributed by atoms with E-state index >= 15 is 0 Å². The van der Waals surface area contributed by atoms with Crippen LogP contribution in [0.3, 0.4) is 0 Å². The third-order valence-corrected chi connectivity index (χ3v) is 4.67. The molecular weight excluding hydrogens is 236 g/mol. The van der Waals surface area contributed by atoms with E-state index in [2.05, 4.69) is 37.4 Å². The Kier molecular flexibility index (Phi) is 2.90. The molecule has 1 aliphatic heterocycles. The van der Waals surface area contributed by atoms with Crippen LogP contribution in [0, 0.1) is 19.3 Å². The average molecular weight is 258 g/mol. The lowest BCUT2D eigenvalue weighted by Crippen LogP contribution is -2.41. The molecule has 2 aliphatic rings. The number of nitrogens with zero attached hydrogens (tertiary/aromatic N) is 1. The van der Waals surface area contributed by atoms with Gasteiger partial charge in [0.2, 0.25) is 5.91 Å². The Balaban J connectivity index is 1.95. The van der Waals surface area contributed by atoms with Crippen LogP contribution in [0.2, 0.25) is 0 Å². The van der Waals surface area contributed by atoms with Gasteiger partial charge >= 0.3 is 0 Å².